The van der Waals surface area contributed by atoms with Gasteiger partial charge in [-0.05, 0) is 41.8 Å². The van der Waals surface area contributed by atoms with Crippen LogP contribution < -0.4 is 10.1 Å². The lowest BCUT2D eigenvalue weighted by Gasteiger charge is -2.18. The van der Waals surface area contributed by atoms with Gasteiger partial charge in [0.15, 0.2) is 11.6 Å². The highest BCUT2D eigenvalue weighted by molar-refractivity contribution is 6.30. The fourth-order valence-electron chi connectivity index (χ4n) is 2.25. The second-order valence-electron chi connectivity index (χ2n) is 5.43. The Hall–Kier alpha value is -2.27. The van der Waals surface area contributed by atoms with Crippen molar-refractivity contribution in [1.82, 2.24) is 10.2 Å². The van der Waals surface area contributed by atoms with Crippen molar-refractivity contribution in [2.24, 2.45) is 0 Å². The highest BCUT2D eigenvalue weighted by Crippen LogP contribution is 2.18. The maximum absolute atomic E-state index is 13.7. The van der Waals surface area contributed by atoms with E-state index in [1.165, 1.54) is 18.1 Å². The largest absolute Gasteiger partial charge is 0.494 e. The molecule has 6 heteroatoms. The molecule has 128 valence electrons. The summed E-state index contributed by atoms with van der Waals surface area (Å²) in [5, 5.41) is 3.53. The minimum absolute atomic E-state index is 0.189. The molecule has 2 rings (SSSR count). The van der Waals surface area contributed by atoms with E-state index in [-0.39, 0.29) is 11.8 Å². The molecule has 0 spiro atoms. The van der Waals surface area contributed by atoms with Gasteiger partial charge >= 0.3 is 6.03 Å². The molecule has 0 radical (unpaired) electrons. The van der Waals surface area contributed by atoms with Gasteiger partial charge in [-0.1, -0.05) is 29.8 Å². The molecule has 0 aliphatic heterocycles. The van der Waals surface area contributed by atoms with Crippen LogP contribution in [0.4, 0.5) is 9.18 Å². The molecule has 4 nitrogen and oxygen atoms in total. The first-order chi connectivity index (χ1) is 11.5. The third-order valence-corrected chi connectivity index (χ3v) is 3.84. The summed E-state index contributed by atoms with van der Waals surface area (Å²) in [7, 11) is 3.08. The van der Waals surface area contributed by atoms with Crippen LogP contribution in [0.5, 0.6) is 5.75 Å². The maximum Gasteiger partial charge on any atom is 0.317 e. The van der Waals surface area contributed by atoms with Crippen LogP contribution in [0.15, 0.2) is 42.5 Å². The third-order valence-electron chi connectivity index (χ3n) is 3.59. The Morgan fingerprint density at radius 3 is 2.50 bits per heavy atom. The Labute approximate surface area is 146 Å². The SMILES string of the molecule is COc1ccc(CN(C)C(=O)NCCc2ccc(Cl)cc2)cc1F. The Kier molecular flexibility index (Phi) is 6.44. The van der Waals surface area contributed by atoms with E-state index < -0.39 is 5.82 Å². The molecule has 0 saturated heterocycles. The summed E-state index contributed by atoms with van der Waals surface area (Å²) in [5.41, 5.74) is 1.79. The van der Waals surface area contributed by atoms with Gasteiger partial charge in [-0.25, -0.2) is 9.18 Å². The number of amides is 2. The summed E-state index contributed by atoms with van der Waals surface area (Å²) >= 11 is 5.83. The van der Waals surface area contributed by atoms with Gasteiger partial charge in [0, 0.05) is 25.2 Å². The minimum Gasteiger partial charge on any atom is -0.494 e. The van der Waals surface area contributed by atoms with Gasteiger partial charge in [-0.15, -0.1) is 0 Å². The van der Waals surface area contributed by atoms with Crippen molar-refractivity contribution in [3.63, 3.8) is 0 Å². The number of halogens is 2. The van der Waals surface area contributed by atoms with E-state index in [1.807, 2.05) is 24.3 Å². The summed E-state index contributed by atoms with van der Waals surface area (Å²) in [5.74, 6) is -0.250. The molecule has 2 aromatic rings. The number of hydrogen-bond acceptors (Lipinski definition) is 2. The number of hydrogen-bond donors (Lipinski definition) is 1. The maximum atomic E-state index is 13.7. The molecule has 2 aromatic carbocycles. The van der Waals surface area contributed by atoms with Crippen molar-refractivity contribution < 1.29 is 13.9 Å². The van der Waals surface area contributed by atoms with Crippen molar-refractivity contribution in [1.29, 1.82) is 0 Å². The number of nitrogens with one attached hydrogen (secondary N) is 1. The van der Waals surface area contributed by atoms with Gasteiger partial charge < -0.3 is 15.0 Å². The van der Waals surface area contributed by atoms with Crippen molar-refractivity contribution in [3.8, 4) is 5.75 Å². The average molecular weight is 351 g/mol. The van der Waals surface area contributed by atoms with Crippen LogP contribution in [0.2, 0.25) is 5.02 Å². The van der Waals surface area contributed by atoms with Gasteiger partial charge in [0.2, 0.25) is 0 Å². The summed E-state index contributed by atoms with van der Waals surface area (Å²) in [6.45, 7) is 0.829. The second-order valence-corrected chi connectivity index (χ2v) is 5.87. The van der Waals surface area contributed by atoms with E-state index in [0.29, 0.717) is 30.1 Å². The van der Waals surface area contributed by atoms with Crippen LogP contribution in [-0.2, 0) is 13.0 Å². The zero-order valence-corrected chi connectivity index (χ0v) is 14.4. The number of methoxy groups -OCH3 is 1. The summed E-state index contributed by atoms with van der Waals surface area (Å²) in [6, 6.07) is 12.0. The molecular formula is C18H20ClFN2O2. The number of rotatable bonds is 6. The van der Waals surface area contributed by atoms with Crippen LogP contribution in [0.25, 0.3) is 0 Å². The number of benzene rings is 2. The van der Waals surface area contributed by atoms with Crippen molar-refractivity contribution in [3.05, 3.63) is 64.4 Å². The average Bonchev–Trinajstić information content (AvgIpc) is 2.56. The van der Waals surface area contributed by atoms with Gasteiger partial charge in [0.25, 0.3) is 0 Å². The van der Waals surface area contributed by atoms with Crippen molar-refractivity contribution in [2.75, 3.05) is 20.7 Å². The monoisotopic (exact) mass is 350 g/mol. The molecule has 0 aliphatic carbocycles. The van der Waals surface area contributed by atoms with Gasteiger partial charge in [-0.2, -0.15) is 0 Å². The highest BCUT2D eigenvalue weighted by atomic mass is 35.5. The zero-order chi connectivity index (χ0) is 17.5. The van der Waals surface area contributed by atoms with Crippen LogP contribution in [0, 0.1) is 5.82 Å². The Morgan fingerprint density at radius 1 is 1.21 bits per heavy atom. The number of urea groups is 1. The molecular weight excluding hydrogens is 331 g/mol. The first kappa shape index (κ1) is 18.1. The normalized spacial score (nSPS) is 10.3. The summed E-state index contributed by atoms with van der Waals surface area (Å²) in [4.78, 5) is 13.6. The number of nitrogens with zero attached hydrogens (tertiary/aromatic N) is 1. The number of carbonyl (C=O) groups is 1. The van der Waals surface area contributed by atoms with Gasteiger partial charge in [0.1, 0.15) is 0 Å². The predicted octanol–water partition coefficient (Wildman–Crippen LogP) is 3.87. The van der Waals surface area contributed by atoms with Gasteiger partial charge in [-0.3, -0.25) is 0 Å². The minimum atomic E-state index is -0.438. The molecule has 24 heavy (non-hydrogen) atoms. The molecule has 0 aliphatic rings. The smallest absolute Gasteiger partial charge is 0.317 e. The lowest BCUT2D eigenvalue weighted by Crippen LogP contribution is -2.37. The predicted molar refractivity (Wildman–Crippen MR) is 93.0 cm³/mol. The van der Waals surface area contributed by atoms with Gasteiger partial charge in [0.05, 0.1) is 7.11 Å². The summed E-state index contributed by atoms with van der Waals surface area (Å²) < 4.78 is 18.5. The van der Waals surface area contributed by atoms with Crippen LogP contribution in [0.3, 0.4) is 0 Å². The zero-order valence-electron chi connectivity index (χ0n) is 13.7. The third kappa shape index (κ3) is 5.13. The van der Waals surface area contributed by atoms with E-state index >= 15 is 0 Å². The number of ether oxygens (including phenoxy) is 1. The first-order valence-electron chi connectivity index (χ1n) is 7.55. The van der Waals surface area contributed by atoms with E-state index in [2.05, 4.69) is 5.32 Å². The molecule has 0 unspecified atom stereocenters. The van der Waals surface area contributed by atoms with Crippen molar-refractivity contribution >= 4 is 17.6 Å². The molecule has 0 aromatic heterocycles. The topological polar surface area (TPSA) is 41.6 Å². The standard InChI is InChI=1S/C18H20ClFN2O2/c1-22(12-14-5-8-17(24-2)16(20)11-14)18(23)21-10-9-13-3-6-15(19)7-4-13/h3-8,11H,9-10,12H2,1-2H3,(H,21,23). The Bertz CT molecular complexity index is 692. The molecule has 1 N–H and O–H groups in total. The fourth-order valence-corrected chi connectivity index (χ4v) is 2.38. The van der Waals surface area contributed by atoms with E-state index in [0.717, 1.165) is 5.56 Å². The molecule has 2 amide bonds. The number of carbonyl (C=O) groups excluding carboxylic acids is 1. The molecule has 0 bridgehead atoms. The van der Waals surface area contributed by atoms with E-state index in [1.54, 1.807) is 19.2 Å². The lowest BCUT2D eigenvalue weighted by molar-refractivity contribution is 0.207. The summed E-state index contributed by atoms with van der Waals surface area (Å²) in [6.07, 6.45) is 0.716. The first-order valence-corrected chi connectivity index (χ1v) is 7.93. The van der Waals surface area contributed by atoms with E-state index in [4.69, 9.17) is 16.3 Å². The lowest BCUT2D eigenvalue weighted by atomic mass is 10.1. The van der Waals surface area contributed by atoms with E-state index in [9.17, 15) is 9.18 Å². The fraction of sp³-hybridized carbons (Fsp3) is 0.278. The van der Waals surface area contributed by atoms with Crippen LogP contribution in [0.1, 0.15) is 11.1 Å². The molecule has 0 atom stereocenters. The molecule has 0 heterocycles. The van der Waals surface area contributed by atoms with Crippen molar-refractivity contribution in [2.45, 2.75) is 13.0 Å². The second kappa shape index (κ2) is 8.55. The highest BCUT2D eigenvalue weighted by Gasteiger charge is 2.10. The quantitative estimate of drug-likeness (QED) is 0.859. The Balaban J connectivity index is 1.81. The molecule has 0 saturated carbocycles. The molecule has 0 fully saturated rings. The Morgan fingerprint density at radius 2 is 1.88 bits per heavy atom. The van der Waals surface area contributed by atoms with Crippen LogP contribution in [-0.4, -0.2) is 31.6 Å². The van der Waals surface area contributed by atoms with Crippen LogP contribution >= 0.6 is 11.6 Å².